The summed E-state index contributed by atoms with van der Waals surface area (Å²) in [4.78, 5) is 2.39. The third-order valence-electron chi connectivity index (χ3n) is 4.00. The minimum absolute atomic E-state index is 0.200. The van der Waals surface area contributed by atoms with Crippen molar-refractivity contribution in [3.05, 3.63) is 29.8 Å². The Morgan fingerprint density at radius 1 is 1.14 bits per heavy atom. The molecule has 0 unspecified atom stereocenters. The van der Waals surface area contributed by atoms with E-state index in [9.17, 15) is 8.42 Å². The van der Waals surface area contributed by atoms with Gasteiger partial charge in [0.2, 0.25) is 0 Å². The van der Waals surface area contributed by atoms with Crippen LogP contribution in [0.5, 0.6) is 0 Å². The summed E-state index contributed by atoms with van der Waals surface area (Å²) in [5, 5.41) is 7.21. The third kappa shape index (κ3) is 5.18. The van der Waals surface area contributed by atoms with Crippen LogP contribution in [0.1, 0.15) is 26.3 Å². The predicted octanol–water partition coefficient (Wildman–Crippen LogP) is 3.31. The second kappa shape index (κ2) is 8.40. The molecule has 0 heterocycles. The van der Waals surface area contributed by atoms with Gasteiger partial charge in [-0.25, -0.2) is 0 Å². The summed E-state index contributed by atoms with van der Waals surface area (Å²) in [6.07, 6.45) is 1.35. The van der Waals surface area contributed by atoms with Crippen LogP contribution in [-0.4, -0.2) is 27.9 Å². The fourth-order valence-electron chi connectivity index (χ4n) is 2.10. The monoisotopic (exact) mass is 382 g/mol. The van der Waals surface area contributed by atoms with Crippen LogP contribution in [0.3, 0.4) is 0 Å². The van der Waals surface area contributed by atoms with Gasteiger partial charge < -0.3 is 0 Å². The Bertz CT molecular complexity index is 658. The first-order valence-electron chi connectivity index (χ1n) is 7.52. The van der Waals surface area contributed by atoms with Gasteiger partial charge in [0.25, 0.3) is 0 Å². The number of hydrogen-bond donors (Lipinski definition) is 1. The number of nitrogens with zero attached hydrogens (tertiary/aromatic N) is 1. The van der Waals surface area contributed by atoms with E-state index in [0.717, 1.165) is 21.3 Å². The summed E-state index contributed by atoms with van der Waals surface area (Å²) in [6.45, 7) is 8.49. The molecule has 1 aromatic rings. The molecular weight excluding hydrogens is 357 g/mol. The Balaban J connectivity index is 2.76. The van der Waals surface area contributed by atoms with E-state index in [-0.39, 0.29) is 4.90 Å². The summed E-state index contributed by atoms with van der Waals surface area (Å²) in [7, 11) is -3.61. The molecule has 1 N–H and O–H groups in total. The minimum atomic E-state index is -3.61. The van der Waals surface area contributed by atoms with Gasteiger partial charge in [0.15, 0.2) is 0 Å². The van der Waals surface area contributed by atoms with Gasteiger partial charge in [0, 0.05) is 0 Å². The normalized spacial score (nSPS) is 12.0. The molecule has 0 spiro atoms. The van der Waals surface area contributed by atoms with E-state index in [4.69, 9.17) is 0 Å². The quantitative estimate of drug-likeness (QED) is 0.356. The molecule has 0 fully saturated rings. The number of benzene rings is 1. The van der Waals surface area contributed by atoms with Gasteiger partial charge in [-0.2, -0.15) is 0 Å². The van der Waals surface area contributed by atoms with Crippen LogP contribution in [0, 0.1) is 17.6 Å². The molecule has 0 amide bonds. The van der Waals surface area contributed by atoms with Crippen molar-refractivity contribution in [3.8, 4) is 10.7 Å². The van der Waals surface area contributed by atoms with Crippen molar-refractivity contribution in [3.63, 3.8) is 0 Å². The van der Waals surface area contributed by atoms with E-state index < -0.39 is 23.3 Å². The van der Waals surface area contributed by atoms with Crippen molar-refractivity contribution in [2.24, 2.45) is 5.10 Å². The molecule has 22 heavy (non-hydrogen) atoms. The van der Waals surface area contributed by atoms with Gasteiger partial charge in [-0.05, 0) is 0 Å². The molecule has 0 saturated carbocycles. The maximum absolute atomic E-state index is 12.0. The topological polar surface area (TPSA) is 58.5 Å². The van der Waals surface area contributed by atoms with Crippen molar-refractivity contribution >= 4 is 29.5 Å². The SMILES string of the molecule is C[CH2][Ge]([C]#C/C=N/NS(=O)(=O)c1ccc(C)cc1)([CH2]C)[CH2]C. The summed E-state index contributed by atoms with van der Waals surface area (Å²) in [6, 6.07) is 6.63. The number of hydrogen-bond acceptors (Lipinski definition) is 3. The van der Waals surface area contributed by atoms with Crippen molar-refractivity contribution in [1.82, 2.24) is 4.83 Å². The van der Waals surface area contributed by atoms with E-state index in [1.807, 2.05) is 6.92 Å². The van der Waals surface area contributed by atoms with E-state index in [1.165, 1.54) is 6.21 Å². The number of rotatable bonds is 6. The Kier molecular flexibility index (Phi) is 7.17. The Labute approximate surface area is 136 Å². The van der Waals surface area contributed by atoms with Crippen LogP contribution in [-0.2, 0) is 10.0 Å². The van der Waals surface area contributed by atoms with E-state index in [0.29, 0.717) is 0 Å². The molecule has 1 aromatic carbocycles. The first-order chi connectivity index (χ1) is 10.4. The first kappa shape index (κ1) is 18.8. The maximum atomic E-state index is 12.0. The van der Waals surface area contributed by atoms with Gasteiger partial charge in [0.05, 0.1) is 0 Å². The van der Waals surface area contributed by atoms with Gasteiger partial charge in [-0.15, -0.1) is 0 Å². The van der Waals surface area contributed by atoms with Crippen molar-refractivity contribution in [2.75, 3.05) is 0 Å². The second-order valence-electron chi connectivity index (χ2n) is 5.28. The molecule has 0 bridgehead atoms. The average molecular weight is 381 g/mol. The number of aryl methyl sites for hydroxylation is 1. The standard InChI is InChI=1S/C16H24GeN2O2S/c1-5-17(6-2,7-3)13-8-14-18-19-22(20,21)16-11-9-15(4)10-12-16/h9-12,14,19H,5-7H2,1-4H3/b18-14+. The van der Waals surface area contributed by atoms with E-state index in [1.54, 1.807) is 24.3 Å². The van der Waals surface area contributed by atoms with Gasteiger partial charge in [0.1, 0.15) is 0 Å². The van der Waals surface area contributed by atoms with E-state index in [2.05, 4.69) is 41.4 Å². The fourth-order valence-corrected chi connectivity index (χ4v) is 7.93. The Morgan fingerprint density at radius 2 is 1.68 bits per heavy atom. The van der Waals surface area contributed by atoms with Gasteiger partial charge in [-0.1, -0.05) is 0 Å². The molecule has 4 nitrogen and oxygen atoms in total. The Hall–Kier alpha value is -1.26. The average Bonchev–Trinajstić information content (AvgIpc) is 2.52. The molecule has 0 saturated heterocycles. The molecule has 0 aliphatic heterocycles. The summed E-state index contributed by atoms with van der Waals surface area (Å²) in [5.74, 6) is 2.93. The zero-order valence-electron chi connectivity index (χ0n) is 13.7. The number of sulfonamides is 1. The fraction of sp³-hybridized carbons (Fsp3) is 0.438. The Morgan fingerprint density at radius 3 is 2.18 bits per heavy atom. The van der Waals surface area contributed by atoms with Gasteiger partial charge in [-0.3, -0.25) is 0 Å². The molecule has 1 rings (SSSR count). The second-order valence-corrected chi connectivity index (χ2v) is 17.3. The van der Waals surface area contributed by atoms with Crippen LogP contribution in [0.15, 0.2) is 34.3 Å². The molecule has 0 aliphatic carbocycles. The predicted molar refractivity (Wildman–Crippen MR) is 95.0 cm³/mol. The third-order valence-corrected chi connectivity index (χ3v) is 15.2. The van der Waals surface area contributed by atoms with Crippen LogP contribution >= 0.6 is 0 Å². The van der Waals surface area contributed by atoms with Crippen LogP contribution in [0.25, 0.3) is 0 Å². The molecule has 0 aliphatic rings. The molecular formula is C16H24GeN2O2S. The van der Waals surface area contributed by atoms with Crippen molar-refractivity contribution in [2.45, 2.75) is 48.4 Å². The molecule has 6 heteroatoms. The molecule has 0 atom stereocenters. The zero-order chi connectivity index (χ0) is 16.6. The molecule has 0 aromatic heterocycles. The van der Waals surface area contributed by atoms with Gasteiger partial charge >= 0.3 is 137 Å². The summed E-state index contributed by atoms with van der Waals surface area (Å²) >= 11 is -2.04. The summed E-state index contributed by atoms with van der Waals surface area (Å²) < 4.78 is 27.4. The van der Waals surface area contributed by atoms with Crippen LogP contribution in [0.4, 0.5) is 0 Å². The van der Waals surface area contributed by atoms with Crippen LogP contribution in [0.2, 0.25) is 15.8 Å². The zero-order valence-corrected chi connectivity index (χ0v) is 16.6. The summed E-state index contributed by atoms with van der Waals surface area (Å²) in [5.41, 5.74) is 1.01. The van der Waals surface area contributed by atoms with Crippen molar-refractivity contribution in [1.29, 1.82) is 0 Å². The first-order valence-corrected chi connectivity index (χ1v) is 14.5. The van der Waals surface area contributed by atoms with Crippen molar-refractivity contribution < 1.29 is 8.42 Å². The number of hydrazone groups is 1. The molecule has 0 radical (unpaired) electrons. The number of nitrogens with one attached hydrogen (secondary N) is 1. The molecule has 120 valence electrons. The van der Waals surface area contributed by atoms with Crippen LogP contribution < -0.4 is 4.83 Å². The van der Waals surface area contributed by atoms with E-state index >= 15 is 0 Å².